The van der Waals surface area contributed by atoms with Gasteiger partial charge in [0.05, 0.1) is 18.7 Å². The van der Waals surface area contributed by atoms with E-state index in [1.54, 1.807) is 25.4 Å². The maximum atomic E-state index is 14.7. The van der Waals surface area contributed by atoms with E-state index >= 15 is 0 Å². The average Bonchev–Trinajstić information content (AvgIpc) is 3.33. The molecule has 2 aromatic carbocycles. The van der Waals surface area contributed by atoms with Gasteiger partial charge in [-0.1, -0.05) is 37.1 Å². The first kappa shape index (κ1) is 28.4. The second kappa shape index (κ2) is 12.6. The summed E-state index contributed by atoms with van der Waals surface area (Å²) in [6, 6.07) is 14.7. The molecule has 1 saturated carbocycles. The first-order valence-electron chi connectivity index (χ1n) is 13.9. The molecule has 0 spiro atoms. The number of hydrogen-bond acceptors (Lipinski definition) is 5. The Balaban J connectivity index is 1.53. The number of thiophene rings is 1. The zero-order chi connectivity index (χ0) is 28.2. The quantitative estimate of drug-likeness (QED) is 0.198. The second-order valence-corrected chi connectivity index (χ2v) is 11.6. The Bertz CT molecular complexity index is 1500. The van der Waals surface area contributed by atoms with Gasteiger partial charge in [-0.2, -0.15) is 0 Å². The van der Waals surface area contributed by atoms with Gasteiger partial charge in [0.2, 0.25) is 5.88 Å². The minimum Gasteiger partial charge on any atom is -0.496 e. The summed E-state index contributed by atoms with van der Waals surface area (Å²) in [5, 5.41) is 0.505. The molecule has 0 atom stereocenters. The van der Waals surface area contributed by atoms with Crippen molar-refractivity contribution >= 4 is 38.9 Å². The number of nitrogens with zero attached hydrogens (tertiary/aromatic N) is 2. The molecule has 1 aliphatic rings. The van der Waals surface area contributed by atoms with Crippen molar-refractivity contribution in [3.63, 3.8) is 0 Å². The molecule has 0 saturated heterocycles. The maximum Gasteiger partial charge on any atom is 0.266 e. The van der Waals surface area contributed by atoms with Gasteiger partial charge in [0.25, 0.3) is 5.91 Å². The number of aromatic nitrogens is 1. The molecule has 5 rings (SSSR count). The zero-order valence-electron chi connectivity index (χ0n) is 23.1. The average molecular weight is 581 g/mol. The summed E-state index contributed by atoms with van der Waals surface area (Å²) < 4.78 is 26.7. The molecule has 40 heavy (non-hydrogen) atoms. The molecule has 8 heteroatoms. The lowest BCUT2D eigenvalue weighted by molar-refractivity contribution is 0.0591. The molecule has 0 unspecified atom stereocenters. The van der Waals surface area contributed by atoms with E-state index < -0.39 is 5.82 Å². The van der Waals surface area contributed by atoms with Crippen LogP contribution in [0, 0.1) is 11.7 Å². The van der Waals surface area contributed by atoms with Crippen molar-refractivity contribution in [2.75, 3.05) is 13.7 Å². The first-order valence-corrected chi connectivity index (χ1v) is 15.1. The number of halogens is 2. The molecule has 1 aliphatic carbocycles. The van der Waals surface area contributed by atoms with Crippen LogP contribution in [0.4, 0.5) is 4.39 Å². The summed E-state index contributed by atoms with van der Waals surface area (Å²) in [7, 11) is 1.64. The molecule has 0 N–H and O–H groups in total. The smallest absolute Gasteiger partial charge is 0.266 e. The van der Waals surface area contributed by atoms with Gasteiger partial charge in [-0.05, 0) is 80.0 Å². The van der Waals surface area contributed by atoms with Gasteiger partial charge in [0.15, 0.2) is 0 Å². The van der Waals surface area contributed by atoms with Crippen LogP contribution in [0.5, 0.6) is 11.6 Å². The van der Waals surface area contributed by atoms with Crippen LogP contribution in [0.25, 0.3) is 21.2 Å². The minimum absolute atomic E-state index is 0.0558. The van der Waals surface area contributed by atoms with E-state index in [1.807, 2.05) is 36.1 Å². The molecule has 0 aliphatic heterocycles. The summed E-state index contributed by atoms with van der Waals surface area (Å²) in [4.78, 5) is 20.8. The van der Waals surface area contributed by atoms with Crippen LogP contribution in [-0.2, 0) is 6.54 Å². The van der Waals surface area contributed by atoms with Crippen molar-refractivity contribution in [3.8, 4) is 22.8 Å². The normalized spacial score (nSPS) is 17.1. The Labute approximate surface area is 243 Å². The Hall–Kier alpha value is -3.16. The first-order chi connectivity index (χ1) is 19.4. The van der Waals surface area contributed by atoms with Gasteiger partial charge in [0.1, 0.15) is 16.4 Å². The lowest BCUT2D eigenvalue weighted by Gasteiger charge is -2.37. The molecule has 0 bridgehead atoms. The van der Waals surface area contributed by atoms with Crippen LogP contribution in [0.3, 0.4) is 0 Å². The number of benzene rings is 2. The number of amides is 1. The summed E-state index contributed by atoms with van der Waals surface area (Å²) in [6.07, 6.45) is 6.88. The van der Waals surface area contributed by atoms with E-state index in [0.29, 0.717) is 45.7 Å². The number of methoxy groups -OCH3 is 1. The lowest BCUT2D eigenvalue weighted by atomic mass is 9.83. The fourth-order valence-corrected chi connectivity index (χ4v) is 7.16. The van der Waals surface area contributed by atoms with Crippen molar-refractivity contribution in [3.05, 3.63) is 76.0 Å². The Morgan fingerprint density at radius 2 is 1.88 bits per heavy atom. The van der Waals surface area contributed by atoms with Gasteiger partial charge < -0.3 is 14.4 Å². The highest BCUT2D eigenvalue weighted by Gasteiger charge is 2.32. The second-order valence-electron chi connectivity index (χ2n) is 10.2. The highest BCUT2D eigenvalue weighted by Crippen LogP contribution is 2.40. The Morgan fingerprint density at radius 3 is 2.58 bits per heavy atom. The topological polar surface area (TPSA) is 51.7 Å². The highest BCUT2D eigenvalue weighted by molar-refractivity contribution is 7.21. The molecule has 4 aromatic rings. The van der Waals surface area contributed by atoms with Gasteiger partial charge in [-0.3, -0.25) is 4.79 Å². The molecule has 210 valence electrons. The van der Waals surface area contributed by atoms with Crippen LogP contribution in [0.15, 0.2) is 54.7 Å². The third-order valence-corrected chi connectivity index (χ3v) is 9.51. The van der Waals surface area contributed by atoms with E-state index in [2.05, 4.69) is 18.0 Å². The maximum absolute atomic E-state index is 14.7. The van der Waals surface area contributed by atoms with E-state index in [0.717, 1.165) is 48.8 Å². The molecule has 2 heterocycles. The van der Waals surface area contributed by atoms with Crippen LogP contribution < -0.4 is 9.47 Å². The molecule has 1 amide bonds. The van der Waals surface area contributed by atoms with Crippen molar-refractivity contribution in [2.45, 2.75) is 58.5 Å². The van der Waals surface area contributed by atoms with E-state index in [4.69, 9.17) is 21.1 Å². The highest BCUT2D eigenvalue weighted by atomic mass is 35.5. The van der Waals surface area contributed by atoms with E-state index in [1.165, 1.54) is 17.4 Å². The monoisotopic (exact) mass is 580 g/mol. The number of carbonyl (C=O) groups excluding carboxylic acids is 1. The zero-order valence-corrected chi connectivity index (χ0v) is 24.7. The van der Waals surface area contributed by atoms with Gasteiger partial charge in [0, 0.05) is 40.5 Å². The third kappa shape index (κ3) is 5.81. The number of rotatable bonds is 9. The van der Waals surface area contributed by atoms with Crippen molar-refractivity contribution in [1.29, 1.82) is 0 Å². The van der Waals surface area contributed by atoms with Crippen LogP contribution in [0.2, 0.25) is 5.02 Å². The summed E-state index contributed by atoms with van der Waals surface area (Å²) in [5.74, 6) is 1.37. The molecule has 2 aromatic heterocycles. The largest absolute Gasteiger partial charge is 0.496 e. The number of pyridine rings is 1. The summed E-state index contributed by atoms with van der Waals surface area (Å²) in [5.41, 5.74) is 2.83. The van der Waals surface area contributed by atoms with E-state index in [9.17, 15) is 9.18 Å². The minimum atomic E-state index is -0.411. The van der Waals surface area contributed by atoms with Gasteiger partial charge >= 0.3 is 0 Å². The number of ether oxygens (including phenoxy) is 2. The standard InChI is InChI=1S/C32H34ClFN2O3S/c1-4-20-9-12-24(13-10-20)36(32(37)31-30(33)29-25(34)7-6-8-27(29)40-31)19-23-17-21(11-14-26(23)38-3)22-15-16-35-28(18-22)39-5-2/h6-8,11,14-18,20,24H,4-5,9-10,12-13,19H2,1-3H3. The fourth-order valence-electron chi connectivity index (χ4n) is 5.65. The Morgan fingerprint density at radius 1 is 1.10 bits per heavy atom. The number of hydrogen-bond donors (Lipinski definition) is 0. The predicted molar refractivity (Wildman–Crippen MR) is 160 cm³/mol. The third-order valence-electron chi connectivity index (χ3n) is 7.88. The SMILES string of the molecule is CCOc1cc(-c2ccc(OC)c(CN(C(=O)c3sc4cccc(F)c4c3Cl)C3CCC(CC)CC3)c2)ccn1. The lowest BCUT2D eigenvalue weighted by Crippen LogP contribution is -2.41. The van der Waals surface area contributed by atoms with Crippen molar-refractivity contribution < 1.29 is 18.7 Å². The molecule has 5 nitrogen and oxygen atoms in total. The number of fused-ring (bicyclic) bond motifs is 1. The van der Waals surface area contributed by atoms with Crippen molar-refractivity contribution in [1.82, 2.24) is 9.88 Å². The summed E-state index contributed by atoms with van der Waals surface area (Å²) in [6.45, 7) is 5.04. The van der Waals surface area contributed by atoms with E-state index in [-0.39, 0.29) is 17.0 Å². The molecule has 0 radical (unpaired) electrons. The summed E-state index contributed by atoms with van der Waals surface area (Å²) >= 11 is 7.93. The predicted octanol–water partition coefficient (Wildman–Crippen LogP) is 8.77. The molecule has 1 fully saturated rings. The Kier molecular flexibility index (Phi) is 8.91. The van der Waals surface area contributed by atoms with Gasteiger partial charge in [-0.25, -0.2) is 9.37 Å². The molecular weight excluding hydrogens is 547 g/mol. The van der Waals surface area contributed by atoms with Crippen molar-refractivity contribution in [2.24, 2.45) is 5.92 Å². The number of carbonyl (C=O) groups is 1. The van der Waals surface area contributed by atoms with Crippen LogP contribution in [-0.4, -0.2) is 35.5 Å². The van der Waals surface area contributed by atoms with Crippen LogP contribution >= 0.6 is 22.9 Å². The fraction of sp³-hybridized carbons (Fsp3) is 0.375. The molecular formula is C32H34ClFN2O3S. The van der Waals surface area contributed by atoms with Crippen LogP contribution in [0.1, 0.15) is 61.2 Å². The van der Waals surface area contributed by atoms with Gasteiger partial charge in [-0.15, -0.1) is 11.3 Å².